The van der Waals surface area contributed by atoms with Crippen molar-refractivity contribution < 1.29 is 28.9 Å². The highest BCUT2D eigenvalue weighted by atomic mass is 79.9. The molecule has 2 N–H and O–H groups in total. The topological polar surface area (TPSA) is 94.1 Å². The minimum absolute atomic E-state index is 0.0131. The summed E-state index contributed by atoms with van der Waals surface area (Å²) < 4.78 is 17.1. The van der Waals surface area contributed by atoms with Gasteiger partial charge in [0.2, 0.25) is 0 Å². The predicted molar refractivity (Wildman–Crippen MR) is 125 cm³/mol. The number of carbonyl (C=O) groups is 2. The van der Waals surface area contributed by atoms with Gasteiger partial charge in [0, 0.05) is 16.1 Å². The van der Waals surface area contributed by atoms with Crippen molar-refractivity contribution in [2.24, 2.45) is 5.92 Å². The summed E-state index contributed by atoms with van der Waals surface area (Å²) in [6.07, 6.45) is -0.664. The van der Waals surface area contributed by atoms with Crippen LogP contribution in [0.25, 0.3) is 0 Å². The van der Waals surface area contributed by atoms with Crippen LogP contribution >= 0.6 is 28.6 Å². The lowest BCUT2D eigenvalue weighted by atomic mass is 9.94. The fourth-order valence-corrected chi connectivity index (χ4v) is 3.14. The number of esters is 1. The van der Waals surface area contributed by atoms with Crippen molar-refractivity contribution in [2.45, 2.75) is 19.4 Å². The van der Waals surface area contributed by atoms with Crippen LogP contribution < -0.4 is 10.1 Å². The van der Waals surface area contributed by atoms with E-state index in [0.717, 1.165) is 10.0 Å². The number of aliphatic hydroxyl groups excluding tert-OH is 1. The molecular weight excluding hydrogens is 486 g/mol. The van der Waals surface area contributed by atoms with Crippen LogP contribution in [0, 0.1) is 5.92 Å². The van der Waals surface area contributed by atoms with Crippen molar-refractivity contribution in [1.29, 1.82) is 0 Å². The van der Waals surface area contributed by atoms with Crippen LogP contribution in [0.15, 0.2) is 53.0 Å². The number of benzene rings is 2. The van der Waals surface area contributed by atoms with E-state index in [0.29, 0.717) is 17.9 Å². The molecule has 0 saturated heterocycles. The van der Waals surface area contributed by atoms with Crippen molar-refractivity contribution in [3.63, 3.8) is 0 Å². The van der Waals surface area contributed by atoms with E-state index >= 15 is 0 Å². The fourth-order valence-electron chi connectivity index (χ4n) is 2.78. The first-order valence-corrected chi connectivity index (χ1v) is 11.2. The van der Waals surface area contributed by atoms with Gasteiger partial charge in [-0.25, -0.2) is 4.79 Å². The number of carbonyl (C=O) groups excluding carboxylic acids is 2. The zero-order valence-corrected chi connectivity index (χ0v) is 19.6. The molecule has 2 aromatic carbocycles. The van der Waals surface area contributed by atoms with Gasteiger partial charge in [-0.3, -0.25) is 10.1 Å². The van der Waals surface area contributed by atoms with Gasteiger partial charge in [-0.1, -0.05) is 35.0 Å². The minimum Gasteiger partial charge on any atom is -0.491 e. The average Bonchev–Trinajstić information content (AvgIpc) is 2.77. The van der Waals surface area contributed by atoms with Crippen LogP contribution in [-0.4, -0.2) is 42.7 Å². The molecule has 0 aliphatic heterocycles. The van der Waals surface area contributed by atoms with Gasteiger partial charge in [0.1, 0.15) is 18.5 Å². The Kier molecular flexibility index (Phi) is 10.7. The van der Waals surface area contributed by atoms with E-state index in [4.69, 9.17) is 19.3 Å². The molecule has 7 nitrogen and oxygen atoms in total. The molecule has 0 radical (unpaired) electrons. The summed E-state index contributed by atoms with van der Waals surface area (Å²) in [5.41, 5.74) is 1.38. The Morgan fingerprint density at radius 3 is 2.39 bits per heavy atom. The minimum atomic E-state index is -0.591. The number of hydrogen-bond acceptors (Lipinski definition) is 7. The molecule has 0 aliphatic carbocycles. The first-order valence-electron chi connectivity index (χ1n) is 9.76. The third kappa shape index (κ3) is 8.80. The van der Waals surface area contributed by atoms with E-state index in [1.807, 2.05) is 19.1 Å². The Labute approximate surface area is 195 Å². The predicted octanol–water partition coefficient (Wildman–Crippen LogP) is 4.61. The second-order valence-corrected chi connectivity index (χ2v) is 7.98. The van der Waals surface area contributed by atoms with E-state index in [2.05, 4.69) is 33.9 Å². The van der Waals surface area contributed by atoms with E-state index in [9.17, 15) is 9.59 Å². The molecule has 0 aliphatic rings. The maximum Gasteiger partial charge on any atom is 0.412 e. The number of halogens is 1. The number of ether oxygens (including phenoxy) is 3. The molecule has 2 aromatic rings. The molecule has 0 heterocycles. The molecule has 0 fully saturated rings. The normalized spacial score (nSPS) is 12.5. The van der Waals surface area contributed by atoms with Crippen LogP contribution in [0.1, 0.15) is 25.0 Å². The molecule has 168 valence electrons. The molecule has 31 heavy (non-hydrogen) atoms. The van der Waals surface area contributed by atoms with Gasteiger partial charge >= 0.3 is 12.1 Å². The fraction of sp³-hybridized carbons (Fsp3) is 0.364. The van der Waals surface area contributed by atoms with Crippen molar-refractivity contribution in [1.82, 2.24) is 0 Å². The first kappa shape index (κ1) is 25.0. The largest absolute Gasteiger partial charge is 0.491 e. The third-order valence-corrected chi connectivity index (χ3v) is 5.16. The SMILES string of the molecule is C[C@@H](CCOC(=O)CS)[C@@H](OC(=O)Nc1ccc(Br)cc1)c1ccc(OCCO)cc1. The standard InChI is InChI=1S/C22H26BrNO6S/c1-15(10-12-29-20(26)14-31)21(16-2-8-19(9-3-16)28-13-11-25)30-22(27)24-18-6-4-17(23)5-7-18/h2-9,15,21,25,31H,10-14H2,1H3,(H,24,27)/t15-,21+/m0/s1. The summed E-state index contributed by atoms with van der Waals surface area (Å²) in [6.45, 7) is 2.24. The van der Waals surface area contributed by atoms with Crippen LogP contribution in [0.2, 0.25) is 0 Å². The third-order valence-electron chi connectivity index (χ3n) is 4.38. The molecule has 0 spiro atoms. The van der Waals surface area contributed by atoms with Crippen LogP contribution in [0.5, 0.6) is 5.75 Å². The van der Waals surface area contributed by atoms with Gasteiger partial charge in [-0.2, -0.15) is 12.6 Å². The molecule has 1 amide bonds. The van der Waals surface area contributed by atoms with E-state index in [1.165, 1.54) is 0 Å². The summed E-state index contributed by atoms with van der Waals surface area (Å²) >= 11 is 7.24. The van der Waals surface area contributed by atoms with E-state index < -0.39 is 18.2 Å². The van der Waals surface area contributed by atoms with E-state index in [1.54, 1.807) is 36.4 Å². The number of rotatable bonds is 11. The highest BCUT2D eigenvalue weighted by Crippen LogP contribution is 2.30. The zero-order valence-electron chi connectivity index (χ0n) is 17.1. The number of aliphatic hydroxyl groups is 1. The van der Waals surface area contributed by atoms with Gasteiger partial charge in [-0.15, -0.1) is 0 Å². The lowest BCUT2D eigenvalue weighted by Gasteiger charge is -2.25. The van der Waals surface area contributed by atoms with Crippen molar-refractivity contribution in [2.75, 3.05) is 30.9 Å². The Balaban J connectivity index is 2.09. The monoisotopic (exact) mass is 511 g/mol. The number of hydrogen-bond donors (Lipinski definition) is 3. The molecule has 0 bridgehead atoms. The second kappa shape index (κ2) is 13.2. The lowest BCUT2D eigenvalue weighted by Crippen LogP contribution is -2.23. The maximum atomic E-state index is 12.5. The number of amides is 1. The van der Waals surface area contributed by atoms with Gasteiger partial charge in [0.25, 0.3) is 0 Å². The second-order valence-electron chi connectivity index (χ2n) is 6.74. The van der Waals surface area contributed by atoms with Gasteiger partial charge < -0.3 is 19.3 Å². The van der Waals surface area contributed by atoms with E-state index in [-0.39, 0.29) is 31.5 Å². The quantitative estimate of drug-likeness (QED) is 0.301. The van der Waals surface area contributed by atoms with Gasteiger partial charge in [-0.05, 0) is 48.4 Å². The Bertz CT molecular complexity index is 831. The Morgan fingerprint density at radius 2 is 1.77 bits per heavy atom. The Morgan fingerprint density at radius 1 is 1.10 bits per heavy atom. The summed E-state index contributed by atoms with van der Waals surface area (Å²) in [5.74, 6) is 0.0874. The first-order chi connectivity index (χ1) is 14.9. The lowest BCUT2D eigenvalue weighted by molar-refractivity contribution is -0.141. The summed E-state index contributed by atoms with van der Waals surface area (Å²) in [7, 11) is 0. The summed E-state index contributed by atoms with van der Waals surface area (Å²) in [6, 6.07) is 14.3. The van der Waals surface area contributed by atoms with Gasteiger partial charge in [0.15, 0.2) is 0 Å². The summed E-state index contributed by atoms with van der Waals surface area (Å²) in [5, 5.41) is 11.6. The molecule has 0 unspecified atom stereocenters. The molecule has 0 saturated carbocycles. The molecule has 2 rings (SSSR count). The highest BCUT2D eigenvalue weighted by Gasteiger charge is 2.24. The van der Waals surface area contributed by atoms with Crippen LogP contribution in [0.4, 0.5) is 10.5 Å². The molecular formula is C22H26BrNO6S. The Hall–Kier alpha value is -2.23. The van der Waals surface area contributed by atoms with Gasteiger partial charge in [0.05, 0.1) is 19.0 Å². The maximum absolute atomic E-state index is 12.5. The average molecular weight is 512 g/mol. The van der Waals surface area contributed by atoms with Crippen LogP contribution in [0.3, 0.4) is 0 Å². The van der Waals surface area contributed by atoms with Crippen molar-refractivity contribution in [3.05, 3.63) is 58.6 Å². The summed E-state index contributed by atoms with van der Waals surface area (Å²) in [4.78, 5) is 23.9. The number of nitrogens with one attached hydrogen (secondary N) is 1. The molecule has 0 aromatic heterocycles. The number of anilines is 1. The molecule has 9 heteroatoms. The smallest absolute Gasteiger partial charge is 0.412 e. The van der Waals surface area contributed by atoms with Crippen molar-refractivity contribution in [3.8, 4) is 5.75 Å². The highest BCUT2D eigenvalue weighted by molar-refractivity contribution is 9.10. The van der Waals surface area contributed by atoms with Crippen LogP contribution in [-0.2, 0) is 14.3 Å². The number of thiol groups is 1. The van der Waals surface area contributed by atoms with Crippen molar-refractivity contribution >= 4 is 46.3 Å². The molecule has 2 atom stereocenters. The zero-order chi connectivity index (χ0) is 22.6.